The molecule has 0 saturated heterocycles. The van der Waals surface area contributed by atoms with E-state index in [9.17, 15) is 9.59 Å². The summed E-state index contributed by atoms with van der Waals surface area (Å²) < 4.78 is 9.84. The molecule has 0 fully saturated rings. The lowest BCUT2D eigenvalue weighted by Crippen LogP contribution is -2.16. The van der Waals surface area contributed by atoms with E-state index >= 15 is 0 Å². The van der Waals surface area contributed by atoms with Gasteiger partial charge in [0.1, 0.15) is 22.1 Å². The first kappa shape index (κ1) is 16.2. The first-order chi connectivity index (χ1) is 10.9. The number of carbonyl (C=O) groups is 2. The Morgan fingerprint density at radius 1 is 1.04 bits per heavy atom. The Hall–Kier alpha value is -3.13. The number of carbonyl (C=O) groups excluding carboxylic acids is 1. The minimum Gasteiger partial charge on any atom is -0.478 e. The minimum absolute atomic E-state index is 0.170. The Labute approximate surface area is 136 Å². The molecule has 0 bridgehead atoms. The zero-order valence-electron chi connectivity index (χ0n) is 11.7. The van der Waals surface area contributed by atoms with Crippen LogP contribution in [0, 0.1) is 0 Å². The van der Waals surface area contributed by atoms with Crippen molar-refractivity contribution in [2.45, 2.75) is 0 Å². The molecule has 8 heteroatoms. The number of carboxylic acids is 1. The normalized spacial score (nSPS) is 9.91. The number of nitrogens with two attached hydrogens (primary N) is 2. The van der Waals surface area contributed by atoms with Crippen LogP contribution >= 0.6 is 12.2 Å². The third-order valence-electron chi connectivity index (χ3n) is 2.77. The van der Waals surface area contributed by atoms with Crippen LogP contribution in [0.5, 0.6) is 11.5 Å². The van der Waals surface area contributed by atoms with E-state index in [4.69, 9.17) is 38.3 Å². The molecule has 2 rings (SSSR count). The maximum atomic E-state index is 11.7. The van der Waals surface area contributed by atoms with Crippen LogP contribution in [0.4, 0.5) is 10.5 Å². The molecule has 23 heavy (non-hydrogen) atoms. The average molecular weight is 332 g/mol. The van der Waals surface area contributed by atoms with Gasteiger partial charge in [-0.2, -0.15) is 0 Å². The van der Waals surface area contributed by atoms with Crippen LogP contribution in [0.1, 0.15) is 15.9 Å². The van der Waals surface area contributed by atoms with Crippen LogP contribution in [0.25, 0.3) is 0 Å². The van der Waals surface area contributed by atoms with Crippen LogP contribution in [0.15, 0.2) is 42.5 Å². The second-order valence-electron chi connectivity index (χ2n) is 4.40. The Kier molecular flexibility index (Phi) is 4.77. The third kappa shape index (κ3) is 4.17. The van der Waals surface area contributed by atoms with E-state index in [1.165, 1.54) is 30.3 Å². The summed E-state index contributed by atoms with van der Waals surface area (Å²) in [5.74, 6) is -1.25. The van der Waals surface area contributed by atoms with E-state index in [1.807, 2.05) is 0 Å². The average Bonchev–Trinajstić information content (AvgIpc) is 2.49. The number of carboxylic acid groups (broad SMARTS) is 1. The van der Waals surface area contributed by atoms with Crippen LogP contribution in [-0.4, -0.2) is 22.2 Å². The molecule has 118 valence electrons. The number of thiocarbonyl (C=S) groups is 1. The van der Waals surface area contributed by atoms with Crippen molar-refractivity contribution < 1.29 is 24.2 Å². The van der Waals surface area contributed by atoms with Crippen molar-refractivity contribution in [2.75, 3.05) is 5.73 Å². The van der Waals surface area contributed by atoms with Gasteiger partial charge >= 0.3 is 12.1 Å². The maximum absolute atomic E-state index is 11.7. The van der Waals surface area contributed by atoms with Gasteiger partial charge in [-0.05, 0) is 42.5 Å². The van der Waals surface area contributed by atoms with Crippen molar-refractivity contribution in [1.82, 2.24) is 0 Å². The number of nitrogen functional groups attached to an aromatic ring is 1. The summed E-state index contributed by atoms with van der Waals surface area (Å²) in [6.07, 6.45) is -1.08. The monoisotopic (exact) mass is 332 g/mol. The molecular formula is C15H12N2O5S. The zero-order valence-corrected chi connectivity index (χ0v) is 12.5. The predicted octanol–water partition coefficient (Wildman–Crippen LogP) is 2.18. The largest absolute Gasteiger partial charge is 0.519 e. The van der Waals surface area contributed by atoms with Crippen LogP contribution < -0.4 is 20.9 Å². The smallest absolute Gasteiger partial charge is 0.478 e. The Morgan fingerprint density at radius 2 is 1.70 bits per heavy atom. The highest BCUT2D eigenvalue weighted by Gasteiger charge is 2.16. The summed E-state index contributed by atoms with van der Waals surface area (Å²) in [5, 5.41) is 9.06. The van der Waals surface area contributed by atoms with Crippen molar-refractivity contribution in [3.05, 3.63) is 53.6 Å². The number of benzene rings is 2. The lowest BCUT2D eigenvalue weighted by Gasteiger charge is -2.09. The van der Waals surface area contributed by atoms with Crippen LogP contribution in [-0.2, 0) is 0 Å². The molecule has 2 aromatic carbocycles. The number of aromatic carboxylic acids is 1. The van der Waals surface area contributed by atoms with Crippen LogP contribution in [0.3, 0.4) is 0 Å². The number of hydrogen-bond donors (Lipinski definition) is 3. The van der Waals surface area contributed by atoms with Crippen molar-refractivity contribution in [3.8, 4) is 11.5 Å². The van der Waals surface area contributed by atoms with Gasteiger partial charge in [0.25, 0.3) is 0 Å². The fourth-order valence-electron chi connectivity index (χ4n) is 1.70. The van der Waals surface area contributed by atoms with E-state index in [1.54, 1.807) is 12.1 Å². The van der Waals surface area contributed by atoms with E-state index in [0.29, 0.717) is 5.56 Å². The van der Waals surface area contributed by atoms with Gasteiger partial charge in [-0.1, -0.05) is 12.2 Å². The topological polar surface area (TPSA) is 125 Å². The molecule has 0 spiro atoms. The molecule has 2 aromatic rings. The van der Waals surface area contributed by atoms with Gasteiger partial charge in [0.05, 0.1) is 0 Å². The highest BCUT2D eigenvalue weighted by atomic mass is 32.1. The molecule has 0 saturated carbocycles. The Bertz CT molecular complexity index is 774. The summed E-state index contributed by atoms with van der Waals surface area (Å²) in [5.41, 5.74) is 11.6. The Balaban J connectivity index is 2.11. The standard InChI is InChI=1S/C15H12N2O5S/c16-9-3-6-12(11(7-9)14(18)19)22-15(20)21-10-4-1-8(2-5-10)13(17)23/h1-7H,16H2,(H2,17,23)(H,18,19). The summed E-state index contributed by atoms with van der Waals surface area (Å²) in [6, 6.07) is 9.99. The molecule has 0 amide bonds. The third-order valence-corrected chi connectivity index (χ3v) is 3.00. The molecule has 0 radical (unpaired) electrons. The fraction of sp³-hybridized carbons (Fsp3) is 0. The van der Waals surface area contributed by atoms with E-state index < -0.39 is 12.1 Å². The van der Waals surface area contributed by atoms with Gasteiger partial charge in [0, 0.05) is 11.3 Å². The van der Waals surface area contributed by atoms with Crippen molar-refractivity contribution in [3.63, 3.8) is 0 Å². The molecule has 0 unspecified atom stereocenters. The number of ether oxygens (including phenoxy) is 2. The molecule has 0 heterocycles. The number of hydrogen-bond acceptors (Lipinski definition) is 6. The van der Waals surface area contributed by atoms with E-state index in [2.05, 4.69) is 0 Å². The number of rotatable bonds is 4. The number of anilines is 1. The van der Waals surface area contributed by atoms with Crippen molar-refractivity contribution in [2.24, 2.45) is 5.73 Å². The molecule has 7 nitrogen and oxygen atoms in total. The van der Waals surface area contributed by atoms with E-state index in [-0.39, 0.29) is 27.7 Å². The first-order valence-electron chi connectivity index (χ1n) is 6.29. The van der Waals surface area contributed by atoms with Gasteiger partial charge < -0.3 is 26.0 Å². The van der Waals surface area contributed by atoms with Gasteiger partial charge in [0.2, 0.25) is 0 Å². The summed E-state index contributed by atoms with van der Waals surface area (Å²) >= 11 is 4.81. The molecule has 5 N–H and O–H groups in total. The molecule has 0 aromatic heterocycles. The summed E-state index contributed by atoms with van der Waals surface area (Å²) in [7, 11) is 0. The van der Waals surface area contributed by atoms with Crippen LogP contribution in [0.2, 0.25) is 0 Å². The second-order valence-corrected chi connectivity index (χ2v) is 4.84. The highest BCUT2D eigenvalue weighted by Crippen LogP contribution is 2.22. The lowest BCUT2D eigenvalue weighted by molar-refractivity contribution is 0.0693. The maximum Gasteiger partial charge on any atom is 0.519 e. The summed E-state index contributed by atoms with van der Waals surface area (Å²) in [6.45, 7) is 0. The van der Waals surface area contributed by atoms with Crippen molar-refractivity contribution in [1.29, 1.82) is 0 Å². The second kappa shape index (κ2) is 6.75. The van der Waals surface area contributed by atoms with Crippen molar-refractivity contribution >= 4 is 35.0 Å². The molecule has 0 aliphatic carbocycles. The van der Waals surface area contributed by atoms with Gasteiger partial charge in [-0.3, -0.25) is 0 Å². The minimum atomic E-state index is -1.28. The highest BCUT2D eigenvalue weighted by molar-refractivity contribution is 7.80. The first-order valence-corrected chi connectivity index (χ1v) is 6.70. The zero-order chi connectivity index (χ0) is 17.0. The lowest BCUT2D eigenvalue weighted by atomic mass is 10.2. The van der Waals surface area contributed by atoms with Gasteiger partial charge in [0.15, 0.2) is 0 Å². The van der Waals surface area contributed by atoms with E-state index in [0.717, 1.165) is 0 Å². The van der Waals surface area contributed by atoms with Gasteiger partial charge in [-0.15, -0.1) is 0 Å². The quantitative estimate of drug-likeness (QED) is 0.337. The SMILES string of the molecule is NC(=S)c1ccc(OC(=O)Oc2ccc(N)cc2C(=O)O)cc1. The molecule has 0 atom stereocenters. The molecular weight excluding hydrogens is 320 g/mol. The summed E-state index contributed by atoms with van der Waals surface area (Å²) in [4.78, 5) is 23.1. The molecule has 0 aliphatic heterocycles. The van der Waals surface area contributed by atoms with Gasteiger partial charge in [-0.25, -0.2) is 9.59 Å². The fourth-order valence-corrected chi connectivity index (χ4v) is 1.83. The predicted molar refractivity (Wildman–Crippen MR) is 86.8 cm³/mol. The molecule has 0 aliphatic rings. The Morgan fingerprint density at radius 3 is 2.26 bits per heavy atom.